The number of hydrogen-bond donors (Lipinski definition) is 1. The fourth-order valence-electron chi connectivity index (χ4n) is 3.23. The van der Waals surface area contributed by atoms with Gasteiger partial charge in [0.05, 0.1) is 21.3 Å². The monoisotopic (exact) mass is 401 g/mol. The zero-order chi connectivity index (χ0) is 19.8. The number of nitrogens with zero attached hydrogens (tertiary/aromatic N) is 4. The van der Waals surface area contributed by atoms with Crippen LogP contribution in [0.15, 0.2) is 47.6 Å². The molecule has 1 aliphatic heterocycles. The van der Waals surface area contributed by atoms with Crippen LogP contribution in [0.5, 0.6) is 0 Å². The second kappa shape index (κ2) is 10.3. The number of anilines is 1. The Balaban J connectivity index is 1.40. The second-order valence-corrected chi connectivity index (χ2v) is 8.33. The van der Waals surface area contributed by atoms with Crippen molar-refractivity contribution in [1.29, 1.82) is 0 Å². The van der Waals surface area contributed by atoms with Crippen LogP contribution in [0.1, 0.15) is 23.7 Å². The number of hydrogen-bond acceptors (Lipinski definition) is 6. The Labute approximate surface area is 168 Å². The van der Waals surface area contributed by atoms with Crippen molar-refractivity contribution in [2.24, 2.45) is 0 Å². The van der Waals surface area contributed by atoms with E-state index in [2.05, 4.69) is 25.1 Å². The highest BCUT2D eigenvalue weighted by molar-refractivity contribution is 7.85. The molecule has 1 saturated heterocycles. The van der Waals surface area contributed by atoms with Crippen molar-refractivity contribution >= 4 is 22.7 Å². The van der Waals surface area contributed by atoms with Gasteiger partial charge in [0, 0.05) is 50.9 Å². The molecular weight excluding hydrogens is 374 g/mol. The van der Waals surface area contributed by atoms with Gasteiger partial charge in [-0.3, -0.25) is 13.9 Å². The number of aromatic nitrogens is 2. The first-order valence-corrected chi connectivity index (χ1v) is 11.0. The Hall–Kier alpha value is -2.32. The minimum atomic E-state index is -1.14. The summed E-state index contributed by atoms with van der Waals surface area (Å²) in [6, 6.07) is 8.96. The Kier molecular flexibility index (Phi) is 7.50. The van der Waals surface area contributed by atoms with E-state index in [9.17, 15) is 9.00 Å². The van der Waals surface area contributed by atoms with Gasteiger partial charge in [0.25, 0.3) is 5.91 Å². The number of carbonyl (C=O) groups excluding carboxylic acids is 1. The van der Waals surface area contributed by atoms with Gasteiger partial charge in [-0.2, -0.15) is 0 Å². The van der Waals surface area contributed by atoms with Crippen LogP contribution in [0.3, 0.4) is 0 Å². The maximum absolute atomic E-state index is 12.5. The molecule has 28 heavy (non-hydrogen) atoms. The van der Waals surface area contributed by atoms with Gasteiger partial charge in [0.15, 0.2) is 0 Å². The average molecular weight is 402 g/mol. The predicted molar refractivity (Wildman–Crippen MR) is 111 cm³/mol. The van der Waals surface area contributed by atoms with E-state index in [1.165, 1.54) is 0 Å². The van der Waals surface area contributed by atoms with Gasteiger partial charge in [-0.25, -0.2) is 9.97 Å². The molecule has 3 rings (SSSR count). The zero-order valence-electron chi connectivity index (χ0n) is 16.2. The fourth-order valence-corrected chi connectivity index (χ4v) is 4.18. The molecule has 1 aromatic heterocycles. The van der Waals surface area contributed by atoms with E-state index in [1.807, 2.05) is 19.1 Å². The summed E-state index contributed by atoms with van der Waals surface area (Å²) in [4.78, 5) is 26.3. The Morgan fingerprint density at radius 2 is 1.82 bits per heavy atom. The first kappa shape index (κ1) is 20.4. The maximum atomic E-state index is 12.5. The smallest absolute Gasteiger partial charge is 0.252 e. The van der Waals surface area contributed by atoms with Gasteiger partial charge >= 0.3 is 0 Å². The second-order valence-electron chi connectivity index (χ2n) is 6.62. The summed E-state index contributed by atoms with van der Waals surface area (Å²) in [5.74, 6) is 1.14. The van der Waals surface area contributed by atoms with Crippen molar-refractivity contribution in [1.82, 2.24) is 20.2 Å². The van der Waals surface area contributed by atoms with E-state index >= 15 is 0 Å². The quantitative estimate of drug-likeness (QED) is 0.676. The number of amides is 1. The third kappa shape index (κ3) is 5.36. The van der Waals surface area contributed by atoms with Crippen molar-refractivity contribution in [3.63, 3.8) is 0 Å². The van der Waals surface area contributed by atoms with Gasteiger partial charge in [0.2, 0.25) is 5.95 Å². The minimum Gasteiger partial charge on any atom is -0.352 e. The van der Waals surface area contributed by atoms with Gasteiger partial charge in [0.1, 0.15) is 0 Å². The van der Waals surface area contributed by atoms with Crippen molar-refractivity contribution in [3.8, 4) is 0 Å². The van der Waals surface area contributed by atoms with E-state index in [1.54, 1.807) is 30.6 Å². The molecule has 0 aliphatic carbocycles. The van der Waals surface area contributed by atoms with Gasteiger partial charge in [-0.1, -0.05) is 19.1 Å². The molecule has 2 heterocycles. The largest absolute Gasteiger partial charge is 0.352 e. The van der Waals surface area contributed by atoms with Crippen molar-refractivity contribution in [3.05, 3.63) is 48.3 Å². The van der Waals surface area contributed by atoms with Gasteiger partial charge < -0.3 is 10.2 Å². The summed E-state index contributed by atoms with van der Waals surface area (Å²) in [5.41, 5.74) is 0.513. The Bertz CT molecular complexity index is 794. The van der Waals surface area contributed by atoms with Crippen LogP contribution in [-0.2, 0) is 10.8 Å². The van der Waals surface area contributed by atoms with Crippen LogP contribution in [0, 0.1) is 0 Å². The van der Waals surface area contributed by atoms with E-state index < -0.39 is 10.8 Å². The van der Waals surface area contributed by atoms with E-state index in [-0.39, 0.29) is 5.91 Å². The highest BCUT2D eigenvalue weighted by Gasteiger charge is 2.18. The number of carbonyl (C=O) groups is 1. The number of rotatable bonds is 8. The van der Waals surface area contributed by atoms with Crippen molar-refractivity contribution in [2.45, 2.75) is 18.2 Å². The zero-order valence-corrected chi connectivity index (χ0v) is 17.0. The maximum Gasteiger partial charge on any atom is 0.252 e. The molecule has 7 nitrogen and oxygen atoms in total. The third-order valence-electron chi connectivity index (χ3n) is 4.78. The molecule has 8 heteroatoms. The Morgan fingerprint density at radius 1 is 1.11 bits per heavy atom. The molecule has 1 aromatic carbocycles. The SMILES string of the molecule is CCS(=O)c1ccccc1C(=O)NCCCN1CCN(c2ncccn2)CC1. The molecule has 150 valence electrons. The molecule has 1 atom stereocenters. The highest BCUT2D eigenvalue weighted by atomic mass is 32.2. The lowest BCUT2D eigenvalue weighted by Crippen LogP contribution is -2.47. The first-order valence-electron chi connectivity index (χ1n) is 9.69. The molecule has 1 amide bonds. The lowest BCUT2D eigenvalue weighted by molar-refractivity contribution is 0.0948. The standard InChI is InChI=1S/C20H27N5O2S/c1-2-28(27)18-8-4-3-7-17(18)19(26)21-11-6-12-24-13-15-25(16-14-24)20-22-9-5-10-23-20/h3-5,7-10H,2,6,11-16H2,1H3,(H,21,26). The molecule has 0 bridgehead atoms. The third-order valence-corrected chi connectivity index (χ3v) is 6.15. The lowest BCUT2D eigenvalue weighted by Gasteiger charge is -2.34. The molecule has 0 spiro atoms. The summed E-state index contributed by atoms with van der Waals surface area (Å²) in [6.45, 7) is 7.14. The van der Waals surface area contributed by atoms with E-state index in [4.69, 9.17) is 0 Å². The van der Waals surface area contributed by atoms with E-state index in [0.717, 1.165) is 45.1 Å². The first-order chi connectivity index (χ1) is 13.7. The van der Waals surface area contributed by atoms with Crippen molar-refractivity contribution in [2.75, 3.05) is 49.9 Å². The number of nitrogens with one attached hydrogen (secondary N) is 1. The van der Waals surface area contributed by atoms with Crippen LogP contribution in [-0.4, -0.2) is 70.0 Å². The topological polar surface area (TPSA) is 78.4 Å². The number of piperazine rings is 1. The van der Waals surface area contributed by atoms with E-state index in [0.29, 0.717) is 22.8 Å². The normalized spacial score (nSPS) is 16.0. The lowest BCUT2D eigenvalue weighted by atomic mass is 10.2. The van der Waals surface area contributed by atoms with Crippen LogP contribution >= 0.6 is 0 Å². The van der Waals surface area contributed by atoms with Crippen molar-refractivity contribution < 1.29 is 9.00 Å². The Morgan fingerprint density at radius 3 is 2.54 bits per heavy atom. The molecule has 0 saturated carbocycles. The number of benzene rings is 1. The van der Waals surface area contributed by atoms with Crippen LogP contribution in [0.2, 0.25) is 0 Å². The molecule has 1 unspecified atom stereocenters. The summed E-state index contributed by atoms with van der Waals surface area (Å²) in [6.07, 6.45) is 4.42. The molecule has 1 fully saturated rings. The molecular formula is C20H27N5O2S. The van der Waals surface area contributed by atoms with Crippen LogP contribution < -0.4 is 10.2 Å². The highest BCUT2D eigenvalue weighted by Crippen LogP contribution is 2.14. The van der Waals surface area contributed by atoms with Gasteiger partial charge in [-0.05, 0) is 31.2 Å². The van der Waals surface area contributed by atoms with Gasteiger partial charge in [-0.15, -0.1) is 0 Å². The summed E-state index contributed by atoms with van der Waals surface area (Å²) >= 11 is 0. The predicted octanol–water partition coefficient (Wildman–Crippen LogP) is 1.55. The molecule has 0 radical (unpaired) electrons. The minimum absolute atomic E-state index is 0.150. The molecule has 1 aliphatic rings. The average Bonchev–Trinajstić information content (AvgIpc) is 2.77. The summed E-state index contributed by atoms with van der Waals surface area (Å²) in [5, 5.41) is 2.96. The fraction of sp³-hybridized carbons (Fsp3) is 0.450. The van der Waals surface area contributed by atoms with Crippen LogP contribution in [0.4, 0.5) is 5.95 Å². The van der Waals surface area contributed by atoms with Crippen LogP contribution in [0.25, 0.3) is 0 Å². The summed E-state index contributed by atoms with van der Waals surface area (Å²) in [7, 11) is -1.14. The molecule has 2 aromatic rings. The molecule has 1 N–H and O–H groups in total. The summed E-state index contributed by atoms with van der Waals surface area (Å²) < 4.78 is 12.1.